The Morgan fingerprint density at radius 2 is 1.78 bits per heavy atom. The second-order valence-corrected chi connectivity index (χ2v) is 22.9. The van der Waals surface area contributed by atoms with Crippen molar-refractivity contribution in [1.82, 2.24) is 39.8 Å². The van der Waals surface area contributed by atoms with E-state index in [0.29, 0.717) is 90.9 Å². The molecule has 1 N–H and O–H groups in total. The van der Waals surface area contributed by atoms with Crippen molar-refractivity contribution in [2.24, 2.45) is 7.05 Å². The third-order valence-electron chi connectivity index (χ3n) is 18.2. The van der Waals surface area contributed by atoms with Crippen LogP contribution in [0.1, 0.15) is 107 Å². The Bertz CT molecular complexity index is 3450. The van der Waals surface area contributed by atoms with Crippen molar-refractivity contribution in [3.05, 3.63) is 77.1 Å². The van der Waals surface area contributed by atoms with E-state index in [4.69, 9.17) is 45.4 Å². The number of piperidine rings is 3. The number of fused-ring (bicyclic) bond motifs is 5. The number of halogens is 2. The van der Waals surface area contributed by atoms with Gasteiger partial charge in [-0.25, -0.2) is 18.6 Å². The lowest BCUT2D eigenvalue weighted by Gasteiger charge is -2.40. The third-order valence-corrected chi connectivity index (χ3v) is 18.2. The van der Waals surface area contributed by atoms with Gasteiger partial charge in [-0.15, -0.1) is 6.42 Å². The lowest BCUT2D eigenvalue weighted by Crippen LogP contribution is -2.50. The maximum Gasteiger partial charge on any atom is 0.410 e. The molecule has 10 heterocycles. The Kier molecular flexibility index (Phi) is 13.6. The molecule has 6 saturated heterocycles. The fraction of sp³-hybridized carbons (Fsp3) is 0.517. The molecule has 6 fully saturated rings. The van der Waals surface area contributed by atoms with E-state index < -0.39 is 17.6 Å². The molecule has 0 spiro atoms. The van der Waals surface area contributed by atoms with Gasteiger partial charge in [0.05, 0.1) is 64.2 Å². The highest BCUT2D eigenvalue weighted by atomic mass is 19.1. The molecular weight excluding hydrogens is 1010 g/mol. The number of hydrogen-bond acceptors (Lipinski definition) is 14. The van der Waals surface area contributed by atoms with Gasteiger partial charge in [-0.3, -0.25) is 24.5 Å². The number of terminal acetylenes is 1. The number of benzene rings is 3. The Morgan fingerprint density at radius 3 is 2.62 bits per heavy atom. The maximum atomic E-state index is 17.5. The topological polar surface area (TPSA) is 170 Å². The number of carbonyl (C=O) groups is 3. The minimum atomic E-state index is -0.647. The minimum Gasteiger partial charge on any atom is -0.461 e. The average Bonchev–Trinajstić information content (AvgIpc) is 4.15. The summed E-state index contributed by atoms with van der Waals surface area (Å²) in [5, 5.41) is 9.76. The largest absolute Gasteiger partial charge is 0.461 e. The Hall–Kier alpha value is -7.01. The molecule has 6 atom stereocenters. The molecule has 0 radical (unpaired) electrons. The van der Waals surface area contributed by atoms with Gasteiger partial charge in [-0.05, 0) is 120 Å². The number of amides is 3. The second-order valence-electron chi connectivity index (χ2n) is 22.9. The van der Waals surface area contributed by atoms with E-state index in [1.807, 2.05) is 28.8 Å². The predicted octanol–water partition coefficient (Wildman–Crippen LogP) is 8.10. The van der Waals surface area contributed by atoms with E-state index in [0.717, 1.165) is 94.0 Å². The minimum absolute atomic E-state index is 0.0108. The Morgan fingerprint density at radius 1 is 0.924 bits per heavy atom. The molecule has 412 valence electrons. The van der Waals surface area contributed by atoms with Crippen LogP contribution in [0.2, 0.25) is 0 Å². The Labute approximate surface area is 457 Å². The fourth-order valence-corrected chi connectivity index (χ4v) is 14.1. The van der Waals surface area contributed by atoms with Gasteiger partial charge < -0.3 is 33.6 Å². The van der Waals surface area contributed by atoms with Crippen molar-refractivity contribution in [1.29, 1.82) is 0 Å². The van der Waals surface area contributed by atoms with Gasteiger partial charge in [-0.1, -0.05) is 30.2 Å². The van der Waals surface area contributed by atoms with E-state index in [1.165, 1.54) is 6.07 Å². The highest BCUT2D eigenvalue weighted by Crippen LogP contribution is 2.45. The molecule has 0 aliphatic carbocycles. The zero-order chi connectivity index (χ0) is 54.1. The van der Waals surface area contributed by atoms with E-state index in [1.54, 1.807) is 18.2 Å². The number of likely N-dealkylation sites (tertiary alicyclic amines) is 1. The first-order chi connectivity index (χ1) is 38.4. The van der Waals surface area contributed by atoms with Crippen LogP contribution in [-0.4, -0.2) is 147 Å². The maximum absolute atomic E-state index is 17.5. The number of hydrogen-bond donors (Lipinski definition) is 1. The number of ether oxygens (including phenoxy) is 4. The number of aryl methyl sites for hydroxylation is 2. The average molecular weight is 1080 g/mol. The van der Waals surface area contributed by atoms with Crippen molar-refractivity contribution in [2.75, 3.05) is 69.0 Å². The summed E-state index contributed by atoms with van der Waals surface area (Å²) in [7, 11) is 1.89. The second kappa shape index (κ2) is 20.9. The summed E-state index contributed by atoms with van der Waals surface area (Å²) in [5.74, 6) is 0.910. The van der Waals surface area contributed by atoms with Crippen molar-refractivity contribution >= 4 is 62.0 Å². The van der Waals surface area contributed by atoms with E-state index in [-0.39, 0.29) is 89.8 Å². The highest BCUT2D eigenvalue weighted by molar-refractivity contribution is 6.04. The normalized spacial score (nSPS) is 25.8. The molecule has 6 aromatic rings. The molecule has 7 aliphatic rings. The van der Waals surface area contributed by atoms with Crippen LogP contribution in [-0.2, 0) is 37.3 Å². The van der Waals surface area contributed by atoms with Gasteiger partial charge in [0.2, 0.25) is 11.8 Å². The van der Waals surface area contributed by atoms with Crippen LogP contribution in [0.5, 0.6) is 6.01 Å². The van der Waals surface area contributed by atoms with Crippen LogP contribution in [0.4, 0.5) is 25.1 Å². The summed E-state index contributed by atoms with van der Waals surface area (Å²) in [6.45, 7) is 7.53. The zero-order valence-corrected chi connectivity index (χ0v) is 44.9. The van der Waals surface area contributed by atoms with E-state index in [2.05, 4.69) is 45.0 Å². The molecule has 19 heteroatoms. The number of carbonyl (C=O) groups excluding carboxylic acids is 3. The molecule has 3 amide bonds. The molecule has 3 aromatic heterocycles. The van der Waals surface area contributed by atoms with Crippen LogP contribution in [0, 0.1) is 24.0 Å². The van der Waals surface area contributed by atoms with Gasteiger partial charge in [-0.2, -0.15) is 15.1 Å². The summed E-state index contributed by atoms with van der Waals surface area (Å²) in [6.07, 6.45) is 15.3. The summed E-state index contributed by atoms with van der Waals surface area (Å²) in [6, 6.07) is 14.7. The smallest absolute Gasteiger partial charge is 0.410 e. The standard InChI is InChI=1S/C60H66F2N10O7/c1-4-42-46(61)15-10-36-8-5-9-44(50(36)42)54-52(62)55-51-47(63-54)16-12-38-32-76-29-7-24-71(38)56(51)66-58(65-55)78-34-60-22-6-25-72(60)39(18-23-60)33-77-59(75)70-28-21-41(30-35(70)2)79-40-19-26-69(27-20-40)37-11-13-43-48(31-37)68(3)67-53(43)45-14-17-49(73)64-57(45)74/h1,5,8-11,13,15,31,35,38-41,45H,6-7,12,14,16-30,32-34H2,2-3H3,(H,64,73,74)/t35-,38-,39-,41+,45?,60-/m0/s1. The van der Waals surface area contributed by atoms with Gasteiger partial charge in [0.15, 0.2) is 5.82 Å². The number of imide groups is 1. The first-order valence-corrected chi connectivity index (χ1v) is 28.4. The first kappa shape index (κ1) is 51.4. The van der Waals surface area contributed by atoms with Crippen LogP contribution in [0.15, 0.2) is 48.5 Å². The lowest BCUT2D eigenvalue weighted by atomic mass is 9.92. The van der Waals surface area contributed by atoms with Gasteiger partial charge in [0, 0.05) is 80.4 Å². The number of nitrogens with zero attached hydrogens (tertiary/aromatic N) is 9. The van der Waals surface area contributed by atoms with Crippen LogP contribution in [0.25, 0.3) is 43.8 Å². The zero-order valence-electron chi connectivity index (χ0n) is 44.9. The van der Waals surface area contributed by atoms with Crippen molar-refractivity contribution in [3.8, 4) is 29.6 Å². The van der Waals surface area contributed by atoms with Crippen LogP contribution >= 0.6 is 0 Å². The quantitative estimate of drug-likeness (QED) is 0.103. The number of nitrogens with one attached hydrogen (secondary N) is 1. The first-order valence-electron chi connectivity index (χ1n) is 28.4. The fourth-order valence-electron chi connectivity index (χ4n) is 14.1. The molecule has 1 unspecified atom stereocenters. The molecular formula is C60H66F2N10O7. The predicted molar refractivity (Wildman–Crippen MR) is 293 cm³/mol. The summed E-state index contributed by atoms with van der Waals surface area (Å²) in [4.78, 5) is 62.0. The van der Waals surface area contributed by atoms with Crippen molar-refractivity contribution in [2.45, 2.75) is 132 Å². The summed E-state index contributed by atoms with van der Waals surface area (Å²) in [5.41, 5.74) is 3.70. The number of anilines is 2. The molecule has 3 aromatic carbocycles. The van der Waals surface area contributed by atoms with Crippen molar-refractivity contribution in [3.63, 3.8) is 0 Å². The SMILES string of the molecule is C#Cc1c(F)ccc2cccc(-c3nc4c5c(nc(OC[C@@]67CCCN6[C@H](COC(=O)N6CC[C@@H](OC8CCN(c9ccc%10c(C%11CCC(=O)NC%11=O)nn(C)c%10c9)CC8)C[C@@H]6C)CC7)nc5c3F)N3CCCOC[C@@H]3CC4)c12. The highest BCUT2D eigenvalue weighted by Gasteiger charge is 2.50. The molecule has 0 saturated carbocycles. The number of pyridine rings is 1. The van der Waals surface area contributed by atoms with Gasteiger partial charge in [0.25, 0.3) is 0 Å². The molecule has 7 aliphatic heterocycles. The summed E-state index contributed by atoms with van der Waals surface area (Å²) >= 11 is 0. The van der Waals surface area contributed by atoms with Crippen molar-refractivity contribution < 1.29 is 42.1 Å². The number of aromatic nitrogens is 5. The van der Waals surface area contributed by atoms with E-state index >= 15 is 8.78 Å². The molecule has 79 heavy (non-hydrogen) atoms. The monoisotopic (exact) mass is 1080 g/mol. The lowest BCUT2D eigenvalue weighted by molar-refractivity contribution is -0.134. The third kappa shape index (κ3) is 9.36. The number of rotatable bonds is 10. The van der Waals surface area contributed by atoms with E-state index in [9.17, 15) is 14.4 Å². The molecule has 0 bridgehead atoms. The van der Waals surface area contributed by atoms with Crippen LogP contribution < -0.4 is 19.9 Å². The molecule has 17 nitrogen and oxygen atoms in total. The van der Waals surface area contributed by atoms with Gasteiger partial charge in [0.1, 0.15) is 36.1 Å². The Balaban J connectivity index is 0.642. The van der Waals surface area contributed by atoms with Gasteiger partial charge >= 0.3 is 12.1 Å². The summed E-state index contributed by atoms with van der Waals surface area (Å²) < 4.78 is 60.1. The molecule has 13 rings (SSSR count). The van der Waals surface area contributed by atoms with Crippen LogP contribution in [0.3, 0.4) is 0 Å².